The molecule has 0 bridgehead atoms. The molecule has 18 heavy (non-hydrogen) atoms. The van der Waals surface area contributed by atoms with Gasteiger partial charge in [0.1, 0.15) is 0 Å². The number of ether oxygens (including phenoxy) is 1. The van der Waals surface area contributed by atoms with E-state index in [0.717, 1.165) is 19.5 Å². The standard InChI is InChI=1S/C15H24N2O/c1-12-9-13(10-16)5-6-14(12)17-8-4-7-15(2,11-17)18-3/h5-6,9H,4,7-8,10-11,16H2,1-3H3. The molecule has 3 heteroatoms. The first-order valence-corrected chi connectivity index (χ1v) is 6.68. The molecule has 1 aliphatic heterocycles. The second-order valence-electron chi connectivity index (χ2n) is 5.50. The second kappa shape index (κ2) is 5.29. The van der Waals surface area contributed by atoms with Gasteiger partial charge in [-0.25, -0.2) is 0 Å². The Morgan fingerprint density at radius 3 is 2.83 bits per heavy atom. The van der Waals surface area contributed by atoms with E-state index in [1.54, 1.807) is 0 Å². The van der Waals surface area contributed by atoms with E-state index >= 15 is 0 Å². The van der Waals surface area contributed by atoms with Gasteiger partial charge in [0.05, 0.1) is 5.60 Å². The number of hydrogen-bond acceptors (Lipinski definition) is 3. The number of hydrogen-bond donors (Lipinski definition) is 1. The highest BCUT2D eigenvalue weighted by Crippen LogP contribution is 2.30. The average Bonchev–Trinajstić information content (AvgIpc) is 2.38. The van der Waals surface area contributed by atoms with Crippen molar-refractivity contribution in [2.24, 2.45) is 5.73 Å². The first-order chi connectivity index (χ1) is 8.58. The Morgan fingerprint density at radius 1 is 1.44 bits per heavy atom. The van der Waals surface area contributed by atoms with Crippen LogP contribution in [0.1, 0.15) is 30.9 Å². The molecule has 3 nitrogen and oxygen atoms in total. The Hall–Kier alpha value is -1.06. The van der Waals surface area contributed by atoms with E-state index < -0.39 is 0 Å². The highest BCUT2D eigenvalue weighted by atomic mass is 16.5. The van der Waals surface area contributed by atoms with Crippen LogP contribution in [0.25, 0.3) is 0 Å². The molecule has 1 aromatic carbocycles. The van der Waals surface area contributed by atoms with E-state index in [4.69, 9.17) is 10.5 Å². The Kier molecular flexibility index (Phi) is 3.93. The van der Waals surface area contributed by atoms with Crippen LogP contribution < -0.4 is 10.6 Å². The summed E-state index contributed by atoms with van der Waals surface area (Å²) in [7, 11) is 1.81. The first-order valence-electron chi connectivity index (χ1n) is 6.68. The summed E-state index contributed by atoms with van der Waals surface area (Å²) >= 11 is 0. The number of nitrogens with zero attached hydrogens (tertiary/aromatic N) is 1. The monoisotopic (exact) mass is 248 g/mol. The molecular weight excluding hydrogens is 224 g/mol. The normalized spacial score (nSPS) is 24.3. The molecule has 0 aliphatic carbocycles. The first kappa shape index (κ1) is 13.4. The molecule has 0 spiro atoms. The third-order valence-corrected chi connectivity index (χ3v) is 3.99. The number of rotatable bonds is 3. The van der Waals surface area contributed by atoms with Crippen LogP contribution in [0, 0.1) is 6.92 Å². The van der Waals surface area contributed by atoms with Crippen LogP contribution in [0.2, 0.25) is 0 Å². The fraction of sp³-hybridized carbons (Fsp3) is 0.600. The summed E-state index contributed by atoms with van der Waals surface area (Å²) in [6, 6.07) is 6.51. The van der Waals surface area contributed by atoms with Crippen LogP contribution in [0.4, 0.5) is 5.69 Å². The van der Waals surface area contributed by atoms with E-state index in [0.29, 0.717) is 6.54 Å². The number of aryl methyl sites for hydroxylation is 1. The molecule has 2 rings (SSSR count). The largest absolute Gasteiger partial charge is 0.377 e. The molecule has 1 aliphatic rings. The summed E-state index contributed by atoms with van der Waals surface area (Å²) < 4.78 is 5.65. The highest BCUT2D eigenvalue weighted by molar-refractivity contribution is 5.55. The fourth-order valence-corrected chi connectivity index (χ4v) is 2.78. The number of anilines is 1. The summed E-state index contributed by atoms with van der Waals surface area (Å²) in [5.41, 5.74) is 9.48. The van der Waals surface area contributed by atoms with Crippen molar-refractivity contribution < 1.29 is 4.74 Å². The van der Waals surface area contributed by atoms with Crippen molar-refractivity contribution in [3.63, 3.8) is 0 Å². The van der Waals surface area contributed by atoms with Gasteiger partial charge in [0.15, 0.2) is 0 Å². The number of piperidine rings is 1. The van der Waals surface area contributed by atoms with Crippen LogP contribution in [0.15, 0.2) is 18.2 Å². The lowest BCUT2D eigenvalue weighted by Crippen LogP contribution is -2.47. The molecule has 0 aromatic heterocycles. The van der Waals surface area contributed by atoms with Gasteiger partial charge < -0.3 is 15.4 Å². The van der Waals surface area contributed by atoms with Gasteiger partial charge in [-0.3, -0.25) is 0 Å². The maximum absolute atomic E-state index is 5.68. The van der Waals surface area contributed by atoms with Crippen molar-refractivity contribution in [2.45, 2.75) is 38.8 Å². The Morgan fingerprint density at radius 2 is 2.22 bits per heavy atom. The molecule has 0 saturated carbocycles. The van der Waals surface area contributed by atoms with Crippen LogP contribution in [-0.2, 0) is 11.3 Å². The highest BCUT2D eigenvalue weighted by Gasteiger charge is 2.31. The van der Waals surface area contributed by atoms with Gasteiger partial charge in [-0.1, -0.05) is 12.1 Å². The molecule has 1 atom stereocenters. The Labute approximate surface area is 110 Å². The lowest BCUT2D eigenvalue weighted by molar-refractivity contribution is -0.00467. The molecule has 1 unspecified atom stereocenters. The second-order valence-corrected chi connectivity index (χ2v) is 5.50. The number of methoxy groups -OCH3 is 1. The molecule has 100 valence electrons. The Bertz CT molecular complexity index is 419. The smallest absolute Gasteiger partial charge is 0.0825 e. The topological polar surface area (TPSA) is 38.5 Å². The summed E-state index contributed by atoms with van der Waals surface area (Å²) in [5.74, 6) is 0. The average molecular weight is 248 g/mol. The molecule has 2 N–H and O–H groups in total. The predicted octanol–water partition coefficient (Wildman–Crippen LogP) is 2.46. The molecule has 1 aromatic rings. The molecular formula is C15H24N2O. The third-order valence-electron chi connectivity index (χ3n) is 3.99. The van der Waals surface area contributed by atoms with E-state index in [1.165, 1.54) is 23.2 Å². The van der Waals surface area contributed by atoms with Gasteiger partial charge in [0.25, 0.3) is 0 Å². The Balaban J connectivity index is 2.21. The van der Waals surface area contributed by atoms with Crippen LogP contribution in [-0.4, -0.2) is 25.8 Å². The predicted molar refractivity (Wildman–Crippen MR) is 75.9 cm³/mol. The van der Waals surface area contributed by atoms with Crippen molar-refractivity contribution in [1.82, 2.24) is 0 Å². The van der Waals surface area contributed by atoms with Crippen molar-refractivity contribution >= 4 is 5.69 Å². The summed E-state index contributed by atoms with van der Waals surface area (Å²) in [6.07, 6.45) is 2.32. The van der Waals surface area contributed by atoms with Crippen molar-refractivity contribution in [3.8, 4) is 0 Å². The minimum atomic E-state index is -0.0166. The molecule has 0 radical (unpaired) electrons. The zero-order chi connectivity index (χ0) is 13.2. The van der Waals surface area contributed by atoms with E-state index in [1.807, 2.05) is 7.11 Å². The van der Waals surface area contributed by atoms with Crippen LogP contribution >= 0.6 is 0 Å². The van der Waals surface area contributed by atoms with Gasteiger partial charge >= 0.3 is 0 Å². The lowest BCUT2D eigenvalue weighted by atomic mass is 9.93. The lowest BCUT2D eigenvalue weighted by Gasteiger charge is -2.41. The minimum absolute atomic E-state index is 0.0166. The fourth-order valence-electron chi connectivity index (χ4n) is 2.78. The van der Waals surface area contributed by atoms with Crippen molar-refractivity contribution in [1.29, 1.82) is 0 Å². The van der Waals surface area contributed by atoms with Gasteiger partial charge in [-0.05, 0) is 43.9 Å². The molecule has 0 amide bonds. The summed E-state index contributed by atoms with van der Waals surface area (Å²) in [4.78, 5) is 2.43. The van der Waals surface area contributed by atoms with Gasteiger partial charge in [-0.2, -0.15) is 0 Å². The molecule has 1 heterocycles. The zero-order valence-electron chi connectivity index (χ0n) is 11.7. The number of benzene rings is 1. The SMILES string of the molecule is COC1(C)CCCN(c2ccc(CN)cc2C)C1. The summed E-state index contributed by atoms with van der Waals surface area (Å²) in [5, 5.41) is 0. The van der Waals surface area contributed by atoms with E-state index in [9.17, 15) is 0 Å². The maximum atomic E-state index is 5.68. The van der Waals surface area contributed by atoms with Crippen molar-refractivity contribution in [2.75, 3.05) is 25.1 Å². The minimum Gasteiger partial charge on any atom is -0.377 e. The maximum Gasteiger partial charge on any atom is 0.0825 e. The van der Waals surface area contributed by atoms with Crippen LogP contribution in [0.3, 0.4) is 0 Å². The number of nitrogens with two attached hydrogens (primary N) is 1. The summed E-state index contributed by atoms with van der Waals surface area (Å²) in [6.45, 7) is 7.04. The van der Waals surface area contributed by atoms with Gasteiger partial charge in [-0.15, -0.1) is 0 Å². The van der Waals surface area contributed by atoms with E-state index in [-0.39, 0.29) is 5.60 Å². The van der Waals surface area contributed by atoms with E-state index in [2.05, 4.69) is 36.9 Å². The third kappa shape index (κ3) is 2.68. The van der Waals surface area contributed by atoms with Crippen molar-refractivity contribution in [3.05, 3.63) is 29.3 Å². The quantitative estimate of drug-likeness (QED) is 0.893. The van der Waals surface area contributed by atoms with Gasteiger partial charge in [0, 0.05) is 32.4 Å². The molecule has 1 saturated heterocycles. The zero-order valence-corrected chi connectivity index (χ0v) is 11.7. The van der Waals surface area contributed by atoms with Crippen LogP contribution in [0.5, 0.6) is 0 Å². The molecule has 1 fully saturated rings. The van der Waals surface area contributed by atoms with Gasteiger partial charge in [0.2, 0.25) is 0 Å².